The average molecular weight is 385 g/mol. The molecule has 0 amide bonds. The second kappa shape index (κ2) is 8.41. The minimum Gasteiger partial charge on any atom is -0.377 e. The van der Waals surface area contributed by atoms with E-state index in [1.807, 2.05) is 12.1 Å². The van der Waals surface area contributed by atoms with Crippen LogP contribution in [0.5, 0.6) is 0 Å². The number of hydrogen-bond donors (Lipinski definition) is 2. The smallest absolute Gasteiger partial charge is 0.156 e. The summed E-state index contributed by atoms with van der Waals surface area (Å²) in [5, 5.41) is 3.59. The first-order valence-electron chi connectivity index (χ1n) is 10.00. The number of hydrogen-bond acceptors (Lipinski definition) is 6. The lowest BCUT2D eigenvalue weighted by molar-refractivity contribution is 0.177. The molecule has 4 rings (SSSR count). The number of piperidine rings is 1. The van der Waals surface area contributed by atoms with E-state index >= 15 is 0 Å². The van der Waals surface area contributed by atoms with Crippen LogP contribution < -0.4 is 16.0 Å². The van der Waals surface area contributed by atoms with Crippen molar-refractivity contribution in [2.75, 3.05) is 30.4 Å². The maximum absolute atomic E-state index is 13.1. The standard InChI is InChI=1S/C21H28FN5O/c1-28-13-21-25-19(14-10-16(23)11-14)12-20(26-21)24-17-6-8-27(9-7-17)18-4-2-15(22)3-5-18/h2-5,12,14,16-17H,6-11,13,23H2,1H3,(H,24,25,26). The van der Waals surface area contributed by atoms with Gasteiger partial charge in [0.25, 0.3) is 0 Å². The SMILES string of the molecule is COCc1nc(NC2CCN(c3ccc(F)cc3)CC2)cc(C2CC(N)C2)n1. The Kier molecular flexibility index (Phi) is 5.73. The molecule has 1 saturated heterocycles. The number of halogens is 1. The molecule has 1 saturated carbocycles. The molecule has 7 heteroatoms. The van der Waals surface area contributed by atoms with Crippen molar-refractivity contribution in [2.24, 2.45) is 5.73 Å². The number of aromatic nitrogens is 2. The summed E-state index contributed by atoms with van der Waals surface area (Å²) in [7, 11) is 1.66. The number of rotatable bonds is 6. The molecule has 3 N–H and O–H groups in total. The van der Waals surface area contributed by atoms with Crippen LogP contribution in [0.3, 0.4) is 0 Å². The monoisotopic (exact) mass is 385 g/mol. The first kappa shape index (κ1) is 19.1. The first-order chi connectivity index (χ1) is 13.6. The third-order valence-corrected chi connectivity index (χ3v) is 5.70. The molecule has 2 heterocycles. The summed E-state index contributed by atoms with van der Waals surface area (Å²) in [5.74, 6) is 1.82. The summed E-state index contributed by atoms with van der Waals surface area (Å²) >= 11 is 0. The van der Waals surface area contributed by atoms with Crippen LogP contribution in [-0.2, 0) is 11.3 Å². The van der Waals surface area contributed by atoms with Gasteiger partial charge in [-0.05, 0) is 49.9 Å². The van der Waals surface area contributed by atoms with Crippen molar-refractivity contribution in [3.05, 3.63) is 47.7 Å². The topological polar surface area (TPSA) is 76.3 Å². The van der Waals surface area contributed by atoms with Gasteiger partial charge in [-0.1, -0.05) is 0 Å². The molecule has 0 bridgehead atoms. The fourth-order valence-electron chi connectivity index (χ4n) is 4.04. The zero-order valence-corrected chi connectivity index (χ0v) is 16.3. The van der Waals surface area contributed by atoms with Gasteiger partial charge in [0.15, 0.2) is 5.82 Å². The van der Waals surface area contributed by atoms with Crippen LogP contribution in [0, 0.1) is 5.82 Å². The largest absolute Gasteiger partial charge is 0.377 e. The third kappa shape index (κ3) is 4.42. The predicted molar refractivity (Wildman–Crippen MR) is 108 cm³/mol. The number of methoxy groups -OCH3 is 1. The zero-order chi connectivity index (χ0) is 19.5. The van der Waals surface area contributed by atoms with Crippen molar-refractivity contribution in [3.63, 3.8) is 0 Å². The number of nitrogens with one attached hydrogen (secondary N) is 1. The summed E-state index contributed by atoms with van der Waals surface area (Å²) in [5.41, 5.74) is 8.09. The number of nitrogens with two attached hydrogens (primary N) is 1. The highest BCUT2D eigenvalue weighted by Gasteiger charge is 2.29. The molecule has 6 nitrogen and oxygen atoms in total. The van der Waals surface area contributed by atoms with Crippen LogP contribution in [0.25, 0.3) is 0 Å². The Morgan fingerprint density at radius 1 is 1.18 bits per heavy atom. The fraction of sp³-hybridized carbons (Fsp3) is 0.524. The highest BCUT2D eigenvalue weighted by molar-refractivity contribution is 5.47. The quantitative estimate of drug-likeness (QED) is 0.796. The Balaban J connectivity index is 1.39. The molecule has 1 aromatic heterocycles. The Morgan fingerprint density at radius 2 is 1.89 bits per heavy atom. The second-order valence-electron chi connectivity index (χ2n) is 7.84. The van der Waals surface area contributed by atoms with Gasteiger partial charge in [-0.25, -0.2) is 14.4 Å². The summed E-state index contributed by atoms with van der Waals surface area (Å²) in [4.78, 5) is 11.6. The number of benzene rings is 1. The molecular weight excluding hydrogens is 357 g/mol. The van der Waals surface area contributed by atoms with E-state index < -0.39 is 0 Å². The van der Waals surface area contributed by atoms with Gasteiger partial charge in [0.2, 0.25) is 0 Å². The van der Waals surface area contributed by atoms with Gasteiger partial charge in [0.05, 0.1) is 0 Å². The summed E-state index contributed by atoms with van der Waals surface area (Å²) in [6.07, 6.45) is 3.98. The van der Waals surface area contributed by atoms with Gasteiger partial charge in [0.1, 0.15) is 18.2 Å². The van der Waals surface area contributed by atoms with Gasteiger partial charge in [0, 0.05) is 55.6 Å². The molecule has 0 spiro atoms. The number of anilines is 2. The summed E-state index contributed by atoms with van der Waals surface area (Å²) in [6, 6.07) is 9.45. The molecule has 1 aromatic carbocycles. The number of ether oxygens (including phenoxy) is 1. The Hall–Kier alpha value is -2.25. The Labute approximate surface area is 165 Å². The normalized spacial score (nSPS) is 22.8. The van der Waals surface area contributed by atoms with Crippen LogP contribution in [0.15, 0.2) is 30.3 Å². The zero-order valence-electron chi connectivity index (χ0n) is 16.3. The minimum absolute atomic E-state index is 0.195. The van der Waals surface area contributed by atoms with Crippen molar-refractivity contribution in [1.29, 1.82) is 0 Å². The van der Waals surface area contributed by atoms with Crippen LogP contribution >= 0.6 is 0 Å². The molecule has 2 aliphatic rings. The Morgan fingerprint density at radius 3 is 2.54 bits per heavy atom. The molecule has 0 radical (unpaired) electrons. The molecule has 28 heavy (non-hydrogen) atoms. The summed E-state index contributed by atoms with van der Waals surface area (Å²) < 4.78 is 18.4. The van der Waals surface area contributed by atoms with Crippen LogP contribution in [0.2, 0.25) is 0 Å². The highest BCUT2D eigenvalue weighted by Crippen LogP contribution is 2.35. The van der Waals surface area contributed by atoms with Crippen LogP contribution in [0.4, 0.5) is 15.9 Å². The lowest BCUT2D eigenvalue weighted by Crippen LogP contribution is -2.39. The predicted octanol–water partition coefficient (Wildman–Crippen LogP) is 3.05. The molecule has 1 aliphatic heterocycles. The average Bonchev–Trinajstić information content (AvgIpc) is 2.67. The fourth-order valence-corrected chi connectivity index (χ4v) is 4.04. The van der Waals surface area contributed by atoms with E-state index in [0.717, 1.165) is 56.0 Å². The van der Waals surface area contributed by atoms with E-state index in [2.05, 4.69) is 26.3 Å². The Bertz CT molecular complexity index is 786. The number of nitrogens with zero attached hydrogens (tertiary/aromatic N) is 3. The maximum atomic E-state index is 13.1. The molecular formula is C21H28FN5O. The van der Waals surface area contributed by atoms with E-state index in [1.165, 1.54) is 12.1 Å². The van der Waals surface area contributed by atoms with Crippen LogP contribution in [-0.4, -0.2) is 42.3 Å². The third-order valence-electron chi connectivity index (χ3n) is 5.70. The molecule has 2 fully saturated rings. The van der Waals surface area contributed by atoms with Gasteiger partial charge < -0.3 is 20.7 Å². The minimum atomic E-state index is -0.195. The molecule has 0 unspecified atom stereocenters. The first-order valence-corrected chi connectivity index (χ1v) is 10.00. The lowest BCUT2D eigenvalue weighted by atomic mass is 9.78. The van der Waals surface area contributed by atoms with Gasteiger partial charge >= 0.3 is 0 Å². The molecule has 2 aromatic rings. The molecule has 1 aliphatic carbocycles. The van der Waals surface area contributed by atoms with Crippen molar-refractivity contribution < 1.29 is 9.13 Å². The van der Waals surface area contributed by atoms with Crippen molar-refractivity contribution in [2.45, 2.75) is 50.3 Å². The van der Waals surface area contributed by atoms with Crippen molar-refractivity contribution >= 4 is 11.5 Å². The van der Waals surface area contributed by atoms with E-state index in [4.69, 9.17) is 10.5 Å². The van der Waals surface area contributed by atoms with Crippen molar-refractivity contribution in [3.8, 4) is 0 Å². The molecule has 150 valence electrons. The van der Waals surface area contributed by atoms with Crippen molar-refractivity contribution in [1.82, 2.24) is 9.97 Å². The van der Waals surface area contributed by atoms with E-state index in [9.17, 15) is 4.39 Å². The maximum Gasteiger partial charge on any atom is 0.156 e. The van der Waals surface area contributed by atoms with Gasteiger partial charge in [-0.3, -0.25) is 0 Å². The van der Waals surface area contributed by atoms with Gasteiger partial charge in [-0.15, -0.1) is 0 Å². The van der Waals surface area contributed by atoms with Crippen LogP contribution in [0.1, 0.15) is 43.1 Å². The van der Waals surface area contributed by atoms with Gasteiger partial charge in [-0.2, -0.15) is 0 Å². The highest BCUT2D eigenvalue weighted by atomic mass is 19.1. The lowest BCUT2D eigenvalue weighted by Gasteiger charge is -2.35. The molecule has 0 atom stereocenters. The van der Waals surface area contributed by atoms with E-state index in [-0.39, 0.29) is 11.9 Å². The second-order valence-corrected chi connectivity index (χ2v) is 7.84. The van der Waals surface area contributed by atoms with E-state index in [1.54, 1.807) is 7.11 Å². The summed E-state index contributed by atoms with van der Waals surface area (Å²) in [6.45, 7) is 2.28. The van der Waals surface area contributed by atoms with E-state index in [0.29, 0.717) is 24.4 Å².